The Bertz CT molecular complexity index is 1740. The van der Waals surface area contributed by atoms with Gasteiger partial charge in [-0.1, -0.05) is 91.0 Å². The number of hydrogen-bond acceptors (Lipinski definition) is 2. The van der Waals surface area contributed by atoms with Gasteiger partial charge in [-0.25, -0.2) is 0 Å². The molecule has 0 radical (unpaired) electrons. The van der Waals surface area contributed by atoms with Gasteiger partial charge in [0.15, 0.2) is 0 Å². The molecule has 0 atom stereocenters. The largest absolute Gasteiger partial charge is 0.456 e. The lowest BCUT2D eigenvalue weighted by atomic mass is 9.96. The Balaban J connectivity index is 1.54. The number of hydrogen-bond donors (Lipinski definition) is 2. The first-order valence-corrected chi connectivity index (χ1v) is 12.4. The van der Waals surface area contributed by atoms with E-state index in [9.17, 15) is 0 Å². The Morgan fingerprint density at radius 3 is 1.89 bits per heavy atom. The van der Waals surface area contributed by atoms with Crippen molar-refractivity contribution < 1.29 is 4.42 Å². The van der Waals surface area contributed by atoms with Crippen molar-refractivity contribution in [2.24, 2.45) is 5.73 Å². The molecule has 0 bridgehead atoms. The molecule has 1 aromatic heterocycles. The van der Waals surface area contributed by atoms with Gasteiger partial charge >= 0.3 is 0 Å². The summed E-state index contributed by atoms with van der Waals surface area (Å²) in [5, 5.41) is 9.72. The number of allylic oxidation sites excluding steroid dienone is 1. The second-order valence-electron chi connectivity index (χ2n) is 9.30. The topological polar surface area (TPSA) is 63.0 Å². The van der Waals surface area contributed by atoms with Gasteiger partial charge in [0.1, 0.15) is 11.0 Å². The summed E-state index contributed by atoms with van der Waals surface area (Å²) in [5.74, 6) is 0.101. The molecule has 0 saturated carbocycles. The quantitative estimate of drug-likeness (QED) is 0.198. The molecule has 0 spiro atoms. The van der Waals surface area contributed by atoms with Crippen LogP contribution in [0.15, 0.2) is 108 Å². The molecule has 0 aliphatic heterocycles. The average Bonchev–Trinajstić information content (AvgIpc) is 3.30. The van der Waals surface area contributed by atoms with E-state index in [4.69, 9.17) is 15.6 Å². The van der Waals surface area contributed by atoms with Crippen molar-refractivity contribution in [1.82, 2.24) is 0 Å². The fourth-order valence-corrected chi connectivity index (χ4v) is 4.78. The van der Waals surface area contributed by atoms with Gasteiger partial charge < -0.3 is 10.2 Å². The highest BCUT2D eigenvalue weighted by molar-refractivity contribution is 5.92. The Kier molecular flexibility index (Phi) is 6.61. The summed E-state index contributed by atoms with van der Waals surface area (Å²) in [6.45, 7) is 8.01. The van der Waals surface area contributed by atoms with Gasteiger partial charge in [0.25, 0.3) is 0 Å². The van der Waals surface area contributed by atoms with Gasteiger partial charge in [-0.3, -0.25) is 5.41 Å². The Morgan fingerprint density at radius 1 is 0.811 bits per heavy atom. The Morgan fingerprint density at radius 2 is 1.35 bits per heavy atom. The van der Waals surface area contributed by atoms with E-state index in [0.29, 0.717) is 6.42 Å². The number of benzene rings is 4. The van der Waals surface area contributed by atoms with Crippen LogP contribution in [0.3, 0.4) is 0 Å². The van der Waals surface area contributed by atoms with Crippen molar-refractivity contribution in [3.8, 4) is 33.4 Å². The normalized spacial score (nSPS) is 12.5. The van der Waals surface area contributed by atoms with Gasteiger partial charge in [0.2, 0.25) is 0 Å². The number of amidine groups is 1. The highest BCUT2D eigenvalue weighted by Crippen LogP contribution is 2.29. The summed E-state index contributed by atoms with van der Waals surface area (Å²) in [6, 6.07) is 32.2. The van der Waals surface area contributed by atoms with Gasteiger partial charge in [-0.05, 0) is 77.1 Å². The van der Waals surface area contributed by atoms with E-state index in [1.165, 1.54) is 27.8 Å². The molecule has 182 valence electrons. The fraction of sp³-hybridized carbons (Fsp3) is 0.0882. The Hall–Kier alpha value is -4.63. The first-order valence-electron chi connectivity index (χ1n) is 12.4. The minimum absolute atomic E-state index is 0.101. The van der Waals surface area contributed by atoms with Crippen LogP contribution in [0.25, 0.3) is 56.0 Å². The SMILES string of the molecule is C=C/C(CC(=N)N)=c1\c(=C/C)oc2ccc(-c3ccc(-c4cccc(-c5ccc(C)cc5)c4)cc3)cc12. The maximum atomic E-state index is 7.77. The summed E-state index contributed by atoms with van der Waals surface area (Å²) in [7, 11) is 0. The zero-order chi connectivity index (χ0) is 25.9. The number of aryl methyl sites for hydroxylation is 1. The molecular formula is C34H30N2O. The first kappa shape index (κ1) is 24.1. The van der Waals surface area contributed by atoms with E-state index in [1.54, 1.807) is 6.08 Å². The van der Waals surface area contributed by atoms with Crippen LogP contribution in [0.2, 0.25) is 0 Å². The summed E-state index contributed by atoms with van der Waals surface area (Å²) in [4.78, 5) is 0. The minimum atomic E-state index is 0.101. The number of rotatable bonds is 6. The number of nitrogens with one attached hydrogen (secondary N) is 1. The third-order valence-corrected chi connectivity index (χ3v) is 6.72. The van der Waals surface area contributed by atoms with Crippen molar-refractivity contribution in [3.05, 3.63) is 120 Å². The molecular weight excluding hydrogens is 452 g/mol. The zero-order valence-electron chi connectivity index (χ0n) is 21.2. The van der Waals surface area contributed by atoms with Crippen molar-refractivity contribution in [1.29, 1.82) is 5.41 Å². The van der Waals surface area contributed by atoms with Crippen molar-refractivity contribution in [2.45, 2.75) is 20.3 Å². The minimum Gasteiger partial charge on any atom is -0.456 e. The predicted octanol–water partition coefficient (Wildman–Crippen LogP) is 7.21. The maximum absolute atomic E-state index is 7.77. The van der Waals surface area contributed by atoms with Gasteiger partial charge in [-0.2, -0.15) is 0 Å². The lowest BCUT2D eigenvalue weighted by Crippen LogP contribution is -2.24. The van der Waals surface area contributed by atoms with Crippen LogP contribution in [0, 0.1) is 12.3 Å². The van der Waals surface area contributed by atoms with Crippen LogP contribution in [-0.2, 0) is 0 Å². The van der Waals surface area contributed by atoms with E-state index in [2.05, 4.69) is 98.4 Å². The van der Waals surface area contributed by atoms with Crippen LogP contribution < -0.4 is 16.4 Å². The zero-order valence-corrected chi connectivity index (χ0v) is 21.2. The lowest BCUT2D eigenvalue weighted by molar-refractivity contribution is 0.574. The highest BCUT2D eigenvalue weighted by atomic mass is 16.3. The molecule has 5 rings (SSSR count). The van der Waals surface area contributed by atoms with Crippen LogP contribution in [0.1, 0.15) is 18.9 Å². The molecule has 3 N–H and O–H groups in total. The molecule has 3 heteroatoms. The third-order valence-electron chi connectivity index (χ3n) is 6.72. The van der Waals surface area contributed by atoms with Gasteiger partial charge in [-0.15, -0.1) is 0 Å². The molecule has 3 nitrogen and oxygen atoms in total. The van der Waals surface area contributed by atoms with Crippen molar-refractivity contribution in [3.63, 3.8) is 0 Å². The van der Waals surface area contributed by atoms with E-state index in [-0.39, 0.29) is 5.84 Å². The molecule has 0 unspecified atom stereocenters. The smallest absolute Gasteiger partial charge is 0.135 e. The first-order chi connectivity index (χ1) is 18.0. The molecule has 1 heterocycles. The second-order valence-corrected chi connectivity index (χ2v) is 9.30. The summed E-state index contributed by atoms with van der Waals surface area (Å²) < 4.78 is 6.10. The van der Waals surface area contributed by atoms with Crippen LogP contribution in [-0.4, -0.2) is 5.84 Å². The maximum Gasteiger partial charge on any atom is 0.135 e. The van der Waals surface area contributed by atoms with E-state index >= 15 is 0 Å². The molecule has 5 aromatic rings. The number of furan rings is 1. The molecule has 37 heavy (non-hydrogen) atoms. The molecule has 4 aromatic carbocycles. The molecule has 0 amide bonds. The second kappa shape index (κ2) is 10.2. The molecule has 0 aliphatic carbocycles. The van der Waals surface area contributed by atoms with E-state index in [0.717, 1.165) is 38.3 Å². The monoisotopic (exact) mass is 482 g/mol. The standard InChI is InChI=1S/C34H30N2O/c1-4-23(21-33(35)36)34-30-20-29(17-18-32(30)37-31(34)5-2)26-15-13-25(14-16-26)28-8-6-7-27(19-28)24-11-9-22(3)10-12-24/h4-20H,1,21H2,2-3H3,(H3,35,36)/b31-5+,34-23+. The lowest BCUT2D eigenvalue weighted by Gasteiger charge is -2.08. The summed E-state index contributed by atoms with van der Waals surface area (Å²) in [6.07, 6.45) is 4.04. The highest BCUT2D eigenvalue weighted by Gasteiger charge is 2.10. The third kappa shape index (κ3) is 4.89. The van der Waals surface area contributed by atoms with Crippen LogP contribution in [0.4, 0.5) is 0 Å². The summed E-state index contributed by atoms with van der Waals surface area (Å²) >= 11 is 0. The van der Waals surface area contributed by atoms with E-state index < -0.39 is 0 Å². The summed E-state index contributed by atoms with van der Waals surface area (Å²) in [5.41, 5.74) is 16.5. The van der Waals surface area contributed by atoms with E-state index in [1.807, 2.05) is 19.1 Å². The average molecular weight is 483 g/mol. The molecule has 0 saturated heterocycles. The van der Waals surface area contributed by atoms with Crippen molar-refractivity contribution >= 4 is 28.5 Å². The Labute approximate surface area is 217 Å². The number of nitrogens with two attached hydrogens (primary N) is 1. The van der Waals surface area contributed by atoms with Gasteiger partial charge in [0.05, 0.1) is 5.84 Å². The molecule has 0 aliphatic rings. The van der Waals surface area contributed by atoms with Crippen LogP contribution in [0.5, 0.6) is 0 Å². The molecule has 0 fully saturated rings. The fourth-order valence-electron chi connectivity index (χ4n) is 4.78. The van der Waals surface area contributed by atoms with Gasteiger partial charge in [0, 0.05) is 17.0 Å². The van der Waals surface area contributed by atoms with Crippen molar-refractivity contribution in [2.75, 3.05) is 0 Å². The number of fused-ring (bicyclic) bond motifs is 1. The van der Waals surface area contributed by atoms with Crippen LogP contribution >= 0.6 is 0 Å². The predicted molar refractivity (Wildman–Crippen MR) is 157 cm³/mol.